The van der Waals surface area contributed by atoms with Crippen molar-refractivity contribution in [2.24, 2.45) is 23.7 Å². The molecule has 0 unspecified atom stereocenters. The van der Waals surface area contributed by atoms with E-state index < -0.39 is 0 Å². The van der Waals surface area contributed by atoms with Crippen molar-refractivity contribution in [3.8, 4) is 5.75 Å². The van der Waals surface area contributed by atoms with Crippen molar-refractivity contribution in [1.29, 1.82) is 0 Å². The van der Waals surface area contributed by atoms with Gasteiger partial charge >= 0.3 is 0 Å². The molecule has 3 aliphatic rings. The molecule has 2 bridgehead atoms. The minimum Gasteiger partial charge on any atom is -0.494 e. The van der Waals surface area contributed by atoms with Crippen molar-refractivity contribution < 1.29 is 14.3 Å². The molecule has 0 aromatic heterocycles. The average Bonchev–Trinajstić information content (AvgIpc) is 3.24. The first-order valence-electron chi connectivity index (χ1n) is 9.01. The largest absolute Gasteiger partial charge is 0.494 e. The second-order valence-electron chi connectivity index (χ2n) is 7.30. The number of rotatable bonds is 4. The first-order chi connectivity index (χ1) is 12.0. The molecule has 4 nitrogen and oxygen atoms in total. The lowest BCUT2D eigenvalue weighted by atomic mass is 9.85. The number of benzene rings is 1. The molecule has 2 fully saturated rings. The van der Waals surface area contributed by atoms with Crippen LogP contribution in [-0.2, 0) is 9.59 Å². The van der Waals surface area contributed by atoms with E-state index in [1.165, 1.54) is 16.0 Å². The number of fused-ring (bicyclic) bond motifs is 5. The van der Waals surface area contributed by atoms with Crippen LogP contribution in [0.1, 0.15) is 27.2 Å². The number of imide groups is 1. The normalized spacial score (nSPS) is 29.6. The molecule has 130 valence electrons. The zero-order chi connectivity index (χ0) is 17.7. The Bertz CT molecular complexity index is 752. The van der Waals surface area contributed by atoms with E-state index in [1.54, 1.807) is 12.1 Å². The van der Waals surface area contributed by atoms with Gasteiger partial charge in [-0.3, -0.25) is 9.59 Å². The quantitative estimate of drug-likeness (QED) is 0.621. The third-order valence-electron chi connectivity index (χ3n) is 5.56. The second kappa shape index (κ2) is 5.87. The third-order valence-corrected chi connectivity index (χ3v) is 5.56. The number of nitrogens with zero attached hydrogens (tertiary/aromatic N) is 1. The standard InChI is InChI=1S/C21H23NO3/c1-4-11-25-14-7-5-13(6-8-14)22-20(23)18-15-9-10-16(17(15)12(2)3)19(18)21(22)24/h5-10,15-16,18-19H,4,11H2,1-3H3/t15-,16-,18+,19+/m1/s1. The van der Waals surface area contributed by atoms with Crippen LogP contribution in [0.5, 0.6) is 5.75 Å². The van der Waals surface area contributed by atoms with Crippen molar-refractivity contribution in [3.63, 3.8) is 0 Å². The molecule has 1 saturated heterocycles. The van der Waals surface area contributed by atoms with Crippen LogP contribution >= 0.6 is 0 Å². The van der Waals surface area contributed by atoms with Gasteiger partial charge in [0.1, 0.15) is 5.75 Å². The van der Waals surface area contributed by atoms with Crippen molar-refractivity contribution in [1.82, 2.24) is 0 Å². The first-order valence-corrected chi connectivity index (χ1v) is 9.01. The summed E-state index contributed by atoms with van der Waals surface area (Å²) in [4.78, 5) is 27.4. The van der Waals surface area contributed by atoms with Crippen LogP contribution in [0, 0.1) is 23.7 Å². The summed E-state index contributed by atoms with van der Waals surface area (Å²) < 4.78 is 5.58. The summed E-state index contributed by atoms with van der Waals surface area (Å²) in [5.74, 6) is 0.355. The van der Waals surface area contributed by atoms with Crippen LogP contribution in [0.15, 0.2) is 47.6 Å². The van der Waals surface area contributed by atoms with Gasteiger partial charge in [-0.25, -0.2) is 4.90 Å². The lowest BCUT2D eigenvalue weighted by molar-refractivity contribution is -0.122. The SMILES string of the molecule is CCCOc1ccc(N2C(=O)[C@@H]3[C@@H](C2=O)[C@@H]2C=C[C@@H]3C2=C(C)C)cc1. The molecular weight excluding hydrogens is 314 g/mol. The number of carbonyl (C=O) groups excluding carboxylic acids is 2. The molecule has 4 heteroatoms. The molecule has 4 atom stereocenters. The predicted molar refractivity (Wildman–Crippen MR) is 96.2 cm³/mol. The third kappa shape index (κ3) is 2.27. The topological polar surface area (TPSA) is 46.6 Å². The van der Waals surface area contributed by atoms with Gasteiger partial charge in [0.25, 0.3) is 0 Å². The van der Waals surface area contributed by atoms with E-state index in [0.29, 0.717) is 12.3 Å². The number of hydrogen-bond acceptors (Lipinski definition) is 3. The van der Waals surface area contributed by atoms with Crippen LogP contribution in [0.3, 0.4) is 0 Å². The summed E-state index contributed by atoms with van der Waals surface area (Å²) in [5.41, 5.74) is 3.16. The molecule has 1 aliphatic heterocycles. The van der Waals surface area contributed by atoms with E-state index in [-0.39, 0.29) is 35.5 Å². The minimum atomic E-state index is -0.233. The van der Waals surface area contributed by atoms with Crippen LogP contribution in [0.2, 0.25) is 0 Å². The minimum absolute atomic E-state index is 0.0622. The smallest absolute Gasteiger partial charge is 0.238 e. The molecule has 0 radical (unpaired) electrons. The maximum atomic E-state index is 13.0. The van der Waals surface area contributed by atoms with Gasteiger partial charge in [0.2, 0.25) is 11.8 Å². The van der Waals surface area contributed by atoms with Gasteiger partial charge in [0, 0.05) is 11.8 Å². The molecular formula is C21H23NO3. The van der Waals surface area contributed by atoms with Crippen molar-refractivity contribution in [2.75, 3.05) is 11.5 Å². The highest BCUT2D eigenvalue weighted by Gasteiger charge is 2.61. The Hall–Kier alpha value is -2.36. The first kappa shape index (κ1) is 16.1. The highest BCUT2D eigenvalue weighted by Crippen LogP contribution is 2.57. The van der Waals surface area contributed by atoms with Crippen LogP contribution in [-0.4, -0.2) is 18.4 Å². The van der Waals surface area contributed by atoms with Crippen LogP contribution < -0.4 is 9.64 Å². The second-order valence-corrected chi connectivity index (χ2v) is 7.30. The van der Waals surface area contributed by atoms with Crippen molar-refractivity contribution in [3.05, 3.63) is 47.6 Å². The van der Waals surface area contributed by atoms with Crippen molar-refractivity contribution in [2.45, 2.75) is 27.2 Å². The number of amides is 2. The summed E-state index contributed by atoms with van der Waals surface area (Å²) in [6.07, 6.45) is 5.17. The van der Waals surface area contributed by atoms with E-state index in [0.717, 1.165) is 12.2 Å². The van der Waals surface area contributed by atoms with E-state index in [1.807, 2.05) is 12.1 Å². The molecule has 25 heavy (non-hydrogen) atoms. The Morgan fingerprint density at radius 3 is 2.04 bits per heavy atom. The van der Waals surface area contributed by atoms with E-state index in [2.05, 4.69) is 32.9 Å². The van der Waals surface area contributed by atoms with Crippen LogP contribution in [0.4, 0.5) is 5.69 Å². The van der Waals surface area contributed by atoms with Gasteiger partial charge < -0.3 is 4.74 Å². The van der Waals surface area contributed by atoms with Gasteiger partial charge in [-0.15, -0.1) is 0 Å². The molecule has 2 amide bonds. The number of anilines is 1. The molecule has 0 N–H and O–H groups in total. The Morgan fingerprint density at radius 2 is 1.56 bits per heavy atom. The molecule has 1 aromatic carbocycles. The van der Waals surface area contributed by atoms with Gasteiger partial charge in [-0.2, -0.15) is 0 Å². The molecule has 1 aromatic rings. The lowest BCUT2D eigenvalue weighted by Crippen LogP contribution is -2.33. The van der Waals surface area contributed by atoms with E-state index >= 15 is 0 Å². The Kier molecular flexibility index (Phi) is 3.78. The Labute approximate surface area is 148 Å². The van der Waals surface area contributed by atoms with Crippen LogP contribution in [0.25, 0.3) is 0 Å². The summed E-state index contributed by atoms with van der Waals surface area (Å²) in [6, 6.07) is 7.26. The maximum absolute atomic E-state index is 13.0. The number of hydrogen-bond donors (Lipinski definition) is 0. The summed E-state index contributed by atoms with van der Waals surface area (Å²) in [5, 5.41) is 0. The molecule has 2 aliphatic carbocycles. The Morgan fingerprint density at radius 1 is 1.00 bits per heavy atom. The van der Waals surface area contributed by atoms with Gasteiger partial charge in [0.05, 0.1) is 24.1 Å². The van der Waals surface area contributed by atoms with E-state index in [9.17, 15) is 9.59 Å². The monoisotopic (exact) mass is 337 g/mol. The molecule has 1 saturated carbocycles. The summed E-state index contributed by atoms with van der Waals surface area (Å²) in [6.45, 7) is 6.86. The van der Waals surface area contributed by atoms with Crippen molar-refractivity contribution >= 4 is 17.5 Å². The number of carbonyl (C=O) groups is 2. The highest BCUT2D eigenvalue weighted by molar-refractivity contribution is 6.23. The molecule has 0 spiro atoms. The fourth-order valence-corrected chi connectivity index (χ4v) is 4.60. The van der Waals surface area contributed by atoms with E-state index in [4.69, 9.17) is 4.74 Å². The highest BCUT2D eigenvalue weighted by atomic mass is 16.5. The summed E-state index contributed by atoms with van der Waals surface area (Å²) >= 11 is 0. The molecule has 4 rings (SSSR count). The maximum Gasteiger partial charge on any atom is 0.238 e. The predicted octanol–water partition coefficient (Wildman–Crippen LogP) is 3.73. The lowest BCUT2D eigenvalue weighted by Gasteiger charge is -2.19. The summed E-state index contributed by atoms with van der Waals surface area (Å²) in [7, 11) is 0. The fraction of sp³-hybridized carbons (Fsp3) is 0.429. The average molecular weight is 337 g/mol. The fourth-order valence-electron chi connectivity index (χ4n) is 4.60. The Balaban J connectivity index is 1.62. The van der Waals surface area contributed by atoms with Gasteiger partial charge in [0.15, 0.2) is 0 Å². The number of allylic oxidation sites excluding steroid dienone is 4. The van der Waals surface area contributed by atoms with Gasteiger partial charge in [-0.05, 0) is 44.5 Å². The zero-order valence-electron chi connectivity index (χ0n) is 14.9. The molecule has 1 heterocycles. The zero-order valence-corrected chi connectivity index (χ0v) is 14.9. The number of ether oxygens (including phenoxy) is 1. The van der Waals surface area contributed by atoms with Gasteiger partial charge in [-0.1, -0.05) is 30.2 Å².